The van der Waals surface area contributed by atoms with E-state index in [9.17, 15) is 22.8 Å². The fourth-order valence-corrected chi connectivity index (χ4v) is 3.30. The van der Waals surface area contributed by atoms with Crippen LogP contribution in [0.25, 0.3) is 6.08 Å². The fourth-order valence-electron chi connectivity index (χ4n) is 3.30. The van der Waals surface area contributed by atoms with Crippen molar-refractivity contribution in [3.8, 4) is 0 Å². The van der Waals surface area contributed by atoms with Crippen LogP contribution in [0.15, 0.2) is 47.2 Å². The zero-order chi connectivity index (χ0) is 20.5. The van der Waals surface area contributed by atoms with Crippen LogP contribution in [0.5, 0.6) is 0 Å². The van der Waals surface area contributed by atoms with Gasteiger partial charge in [0.15, 0.2) is 0 Å². The zero-order valence-electron chi connectivity index (χ0n) is 15.1. The molecule has 9 heteroatoms. The van der Waals surface area contributed by atoms with Crippen molar-refractivity contribution in [2.24, 2.45) is 5.10 Å². The van der Waals surface area contributed by atoms with Crippen molar-refractivity contribution >= 4 is 24.4 Å². The number of hydrogen-bond donors (Lipinski definition) is 0. The summed E-state index contributed by atoms with van der Waals surface area (Å²) in [5.41, 5.74) is 1.71. The molecular formula is C20H15F3N4O2. The molecule has 2 aromatic rings. The molecule has 148 valence electrons. The van der Waals surface area contributed by atoms with Gasteiger partial charge in [-0.2, -0.15) is 9.49 Å². The number of rotatable bonds is 3. The predicted octanol–water partition coefficient (Wildman–Crippen LogP) is 3.72. The Bertz CT molecular complexity index is 1010. The molecule has 0 spiro atoms. The average Bonchev–Trinajstić information content (AvgIpc) is 3.13. The Morgan fingerprint density at radius 2 is 1.83 bits per heavy atom. The van der Waals surface area contributed by atoms with Gasteiger partial charge in [0.05, 0.1) is 6.04 Å². The Labute approximate surface area is 163 Å². The second-order valence-corrected chi connectivity index (χ2v) is 6.79. The molecule has 0 saturated carbocycles. The van der Waals surface area contributed by atoms with Crippen molar-refractivity contribution in [1.29, 1.82) is 0 Å². The maximum atomic E-state index is 13.5. The highest BCUT2D eigenvalue weighted by Gasteiger charge is 2.35. The molecule has 1 fully saturated rings. The average molecular weight is 400 g/mol. The summed E-state index contributed by atoms with van der Waals surface area (Å²) < 4.78 is 39.6. The summed E-state index contributed by atoms with van der Waals surface area (Å²) in [5, 5.41) is 5.30. The summed E-state index contributed by atoms with van der Waals surface area (Å²) in [5.74, 6) is -1.41. The molecule has 2 aliphatic rings. The second-order valence-electron chi connectivity index (χ2n) is 6.79. The molecule has 1 aromatic heterocycles. The first-order valence-electron chi connectivity index (χ1n) is 8.82. The van der Waals surface area contributed by atoms with Gasteiger partial charge in [-0.15, -0.1) is 0 Å². The van der Waals surface area contributed by atoms with E-state index in [0.29, 0.717) is 30.6 Å². The van der Waals surface area contributed by atoms with Gasteiger partial charge in [0.1, 0.15) is 17.3 Å². The molecule has 0 N–H and O–H groups in total. The number of hydrogen-bond acceptors (Lipinski definition) is 4. The summed E-state index contributed by atoms with van der Waals surface area (Å²) in [4.78, 5) is 28.6. The molecule has 0 radical (unpaired) electrons. The van der Waals surface area contributed by atoms with E-state index >= 15 is 0 Å². The van der Waals surface area contributed by atoms with E-state index in [-0.39, 0.29) is 11.7 Å². The normalized spacial score (nSPS) is 18.0. The van der Waals surface area contributed by atoms with Crippen LogP contribution in [-0.4, -0.2) is 46.3 Å². The third-order valence-corrected chi connectivity index (χ3v) is 4.71. The summed E-state index contributed by atoms with van der Waals surface area (Å²) in [6.45, 7) is 0.720. The van der Waals surface area contributed by atoms with Crippen LogP contribution >= 0.6 is 0 Å². The number of carbonyl (C=O) groups is 2. The minimum atomic E-state index is -1.59. The summed E-state index contributed by atoms with van der Waals surface area (Å²) in [6, 6.07) is 3.52. The van der Waals surface area contributed by atoms with Crippen LogP contribution in [0.1, 0.15) is 34.1 Å². The van der Waals surface area contributed by atoms with Gasteiger partial charge in [-0.3, -0.25) is 4.79 Å². The molecule has 2 aliphatic heterocycles. The lowest BCUT2D eigenvalue weighted by Crippen LogP contribution is -2.49. The Morgan fingerprint density at radius 1 is 1.10 bits per heavy atom. The van der Waals surface area contributed by atoms with Gasteiger partial charge in [-0.1, -0.05) is 12.1 Å². The number of carbonyl (C=O) groups excluding carboxylic acids is 2. The molecule has 3 heterocycles. The van der Waals surface area contributed by atoms with Crippen LogP contribution in [0, 0.1) is 11.6 Å². The van der Waals surface area contributed by atoms with Crippen molar-refractivity contribution < 1.29 is 22.8 Å². The van der Waals surface area contributed by atoms with Crippen LogP contribution in [-0.2, 0) is 0 Å². The second kappa shape index (κ2) is 7.50. The van der Waals surface area contributed by atoms with Crippen LogP contribution in [0.2, 0.25) is 0 Å². The lowest BCUT2D eigenvalue weighted by atomic mass is 10.0. The Kier molecular flexibility index (Phi) is 4.87. The maximum absolute atomic E-state index is 13.5. The first-order chi connectivity index (χ1) is 13.9. The van der Waals surface area contributed by atoms with Crippen molar-refractivity contribution in [1.82, 2.24) is 14.9 Å². The largest absolute Gasteiger partial charge is 0.350 e. The van der Waals surface area contributed by atoms with Crippen molar-refractivity contribution in [2.45, 2.75) is 12.5 Å². The van der Waals surface area contributed by atoms with E-state index in [2.05, 4.69) is 10.1 Å². The topological polar surface area (TPSA) is 65.9 Å². The van der Waals surface area contributed by atoms with Gasteiger partial charge in [0.2, 0.25) is 0 Å². The van der Waals surface area contributed by atoms with Gasteiger partial charge in [-0.25, -0.2) is 23.6 Å². The number of aromatic nitrogens is 1. The zero-order valence-corrected chi connectivity index (χ0v) is 15.1. The first-order valence-corrected chi connectivity index (χ1v) is 8.82. The smallest absolute Gasteiger partial charge is 0.315 e. The van der Waals surface area contributed by atoms with E-state index in [4.69, 9.17) is 0 Å². The molecule has 1 atom stereocenters. The minimum Gasteiger partial charge on any atom is -0.315 e. The highest BCUT2D eigenvalue weighted by molar-refractivity contribution is 5.86. The molecule has 2 amide bonds. The van der Waals surface area contributed by atoms with Gasteiger partial charge in [-0.05, 0) is 34.9 Å². The van der Waals surface area contributed by atoms with Crippen molar-refractivity contribution in [2.75, 3.05) is 13.1 Å². The van der Waals surface area contributed by atoms with Gasteiger partial charge in [0.25, 0.3) is 0 Å². The van der Waals surface area contributed by atoms with E-state index in [1.165, 1.54) is 29.4 Å². The predicted molar refractivity (Wildman–Crippen MR) is 98.7 cm³/mol. The molecule has 0 bridgehead atoms. The number of benzene rings is 1. The molecule has 6 nitrogen and oxygen atoms in total. The minimum absolute atomic E-state index is 0.260. The monoisotopic (exact) mass is 400 g/mol. The fraction of sp³-hybridized carbons (Fsp3) is 0.200. The quantitative estimate of drug-likeness (QED) is 0.738. The Balaban J connectivity index is 1.42. The highest BCUT2D eigenvalue weighted by atomic mass is 19.1. The lowest BCUT2D eigenvalue weighted by Gasteiger charge is -2.37. The number of hydrazone groups is 1. The van der Waals surface area contributed by atoms with Crippen LogP contribution < -0.4 is 0 Å². The molecule has 0 aliphatic carbocycles. The molecule has 29 heavy (non-hydrogen) atoms. The third-order valence-electron chi connectivity index (χ3n) is 4.71. The maximum Gasteiger partial charge on any atom is 0.350 e. The standard InChI is InChI=1S/C20H15F3N4O2/c21-15-6-14(7-16(22)8-15)18-3-4-25-27(18)20(29)26-10-13(11-26)5-12-1-2-17(19(23)28)24-9-12/h1-2,4-9,18H,3,10-11H2/t18-/m0/s1. The molecule has 0 unspecified atom stereocenters. The summed E-state index contributed by atoms with van der Waals surface area (Å²) in [6.07, 6.45) is 5.09. The van der Waals surface area contributed by atoms with Crippen LogP contribution in [0.4, 0.5) is 18.0 Å². The highest BCUT2D eigenvalue weighted by Crippen LogP contribution is 2.32. The van der Waals surface area contributed by atoms with Crippen molar-refractivity contribution in [3.05, 3.63) is 70.6 Å². The molecule has 1 aromatic carbocycles. The molecular weight excluding hydrogens is 385 g/mol. The number of urea groups is 1. The first kappa shape index (κ1) is 18.9. The van der Waals surface area contributed by atoms with E-state index in [1.807, 2.05) is 0 Å². The summed E-state index contributed by atoms with van der Waals surface area (Å²) >= 11 is 0. The number of likely N-dealkylation sites (tertiary alicyclic amines) is 1. The molecule has 1 saturated heterocycles. The van der Waals surface area contributed by atoms with E-state index in [0.717, 1.165) is 11.6 Å². The number of pyridine rings is 1. The number of halogens is 3. The Hall–Kier alpha value is -3.49. The Morgan fingerprint density at radius 3 is 2.45 bits per heavy atom. The summed E-state index contributed by atoms with van der Waals surface area (Å²) in [7, 11) is 0. The van der Waals surface area contributed by atoms with E-state index < -0.39 is 23.7 Å². The molecule has 4 rings (SSSR count). The number of amides is 2. The van der Waals surface area contributed by atoms with Gasteiger partial charge < -0.3 is 4.90 Å². The van der Waals surface area contributed by atoms with Gasteiger partial charge >= 0.3 is 12.1 Å². The van der Waals surface area contributed by atoms with Gasteiger partial charge in [0, 0.05) is 38.0 Å². The third kappa shape index (κ3) is 3.89. The SMILES string of the molecule is O=C(F)c1ccc(C=C2CN(C(=O)N3N=CC[C@H]3c3cc(F)cc(F)c3)C2)cn1. The lowest BCUT2D eigenvalue weighted by molar-refractivity contribution is 0.0830. The van der Waals surface area contributed by atoms with Crippen molar-refractivity contribution in [3.63, 3.8) is 0 Å². The van der Waals surface area contributed by atoms with E-state index in [1.54, 1.807) is 23.3 Å². The number of nitrogens with zero attached hydrogens (tertiary/aromatic N) is 4. The van der Waals surface area contributed by atoms with Crippen LogP contribution in [0.3, 0.4) is 0 Å².